The predicted molar refractivity (Wildman–Crippen MR) is 157 cm³/mol. The first-order valence-electron chi connectivity index (χ1n) is 15.1. The molecule has 10 atom stereocenters. The smallest absolute Gasteiger partial charge is 0.219 e. The second-order valence-corrected chi connectivity index (χ2v) is 11.5. The number of hydrogen-bond donors (Lipinski definition) is 7. The van der Waals surface area contributed by atoms with E-state index in [-0.39, 0.29) is 24.2 Å². The van der Waals surface area contributed by atoms with Crippen molar-refractivity contribution in [1.82, 2.24) is 5.32 Å². The van der Waals surface area contributed by atoms with Crippen molar-refractivity contribution < 1.29 is 44.9 Å². The number of aliphatic hydroxyl groups is 6. The van der Waals surface area contributed by atoms with Crippen LogP contribution in [-0.2, 0) is 20.7 Å². The van der Waals surface area contributed by atoms with E-state index >= 15 is 0 Å². The van der Waals surface area contributed by atoms with Crippen molar-refractivity contribution in [2.24, 2.45) is 11.8 Å². The normalized spacial score (nSPS) is 34.3. The quantitative estimate of drug-likeness (QED) is 0.118. The van der Waals surface area contributed by atoms with E-state index in [2.05, 4.69) is 5.32 Å². The summed E-state index contributed by atoms with van der Waals surface area (Å²) in [5, 5.41) is 65.4. The van der Waals surface area contributed by atoms with Crippen molar-refractivity contribution in [3.05, 3.63) is 60.2 Å². The van der Waals surface area contributed by atoms with Crippen LogP contribution in [0.3, 0.4) is 0 Å². The number of benzene rings is 1. The average Bonchev–Trinajstić information content (AvgIpc) is 3.26. The van der Waals surface area contributed by atoms with E-state index in [4.69, 9.17) is 9.47 Å². The van der Waals surface area contributed by atoms with E-state index in [9.17, 15) is 35.4 Å². The molecular formula is C32H49NO9. The summed E-state index contributed by atoms with van der Waals surface area (Å²) in [5.74, 6) is -2.35. The van der Waals surface area contributed by atoms with Crippen molar-refractivity contribution in [1.29, 1.82) is 0 Å². The lowest BCUT2D eigenvalue weighted by Gasteiger charge is -2.47. The maximum Gasteiger partial charge on any atom is 0.219 e. The molecule has 3 rings (SSSR count). The first-order valence-corrected chi connectivity index (χ1v) is 15.1. The standard InChI is InChI=1S/C32H49NO9/c1-3-33-28(37)14-10-5-4-9-13-24-23(18-17-22(35)16-15-21-11-7-6-8-12-21)25(36)19-26(24)41-32(2)31(40)30(39)29(38)27(20-34)42-32/h4,6-9,11-12,17-18,22-27,29-31,34-36,38-40H,3,5,10,13-16,19-20H2,1-2H3,(H,33,37)/t22?,23?,24?,25?,26?,27?,29-,30?,31?,32+/m0/s1. The molecule has 10 heteroatoms. The first-order chi connectivity index (χ1) is 20.1. The maximum absolute atomic E-state index is 11.7. The molecule has 1 saturated carbocycles. The molecule has 42 heavy (non-hydrogen) atoms. The Labute approximate surface area is 248 Å². The molecule has 8 unspecified atom stereocenters. The van der Waals surface area contributed by atoms with Gasteiger partial charge in [0.05, 0.1) is 24.9 Å². The van der Waals surface area contributed by atoms with Crippen LogP contribution in [-0.4, -0.2) is 98.2 Å². The van der Waals surface area contributed by atoms with Crippen LogP contribution < -0.4 is 5.32 Å². The summed E-state index contributed by atoms with van der Waals surface area (Å²) in [5.41, 5.74) is 1.13. The zero-order valence-corrected chi connectivity index (χ0v) is 24.7. The number of rotatable bonds is 15. The summed E-state index contributed by atoms with van der Waals surface area (Å²) in [6.07, 6.45) is 3.41. The van der Waals surface area contributed by atoms with Crippen LogP contribution in [0.5, 0.6) is 0 Å². The molecule has 0 radical (unpaired) electrons. The zero-order chi connectivity index (χ0) is 30.7. The number of unbranched alkanes of at least 4 members (excludes halogenated alkanes) is 1. The Kier molecular flexibility index (Phi) is 13.6. The molecule has 0 bridgehead atoms. The molecule has 10 nitrogen and oxygen atoms in total. The van der Waals surface area contributed by atoms with Crippen molar-refractivity contribution >= 4 is 5.91 Å². The number of carbonyl (C=O) groups excluding carboxylic acids is 1. The Morgan fingerprint density at radius 3 is 2.60 bits per heavy atom. The highest BCUT2D eigenvalue weighted by Crippen LogP contribution is 2.42. The van der Waals surface area contributed by atoms with Crippen LogP contribution in [0.2, 0.25) is 0 Å². The third-order valence-electron chi connectivity index (χ3n) is 8.28. The molecule has 1 saturated heterocycles. The SMILES string of the molecule is CCNC(=O)CCCC=CCC1C(O[C@]2(C)OC(CO)[C@H](O)C(O)C2O)CC(O)C1C=CC(O)CCc1ccccc1. The molecule has 2 fully saturated rings. The van der Waals surface area contributed by atoms with Crippen molar-refractivity contribution in [2.45, 2.75) is 107 Å². The van der Waals surface area contributed by atoms with Gasteiger partial charge >= 0.3 is 0 Å². The van der Waals surface area contributed by atoms with Gasteiger partial charge in [-0.15, -0.1) is 0 Å². The molecule has 1 amide bonds. The highest BCUT2D eigenvalue weighted by atomic mass is 16.7. The Balaban J connectivity index is 1.70. The van der Waals surface area contributed by atoms with E-state index in [1.54, 1.807) is 6.08 Å². The average molecular weight is 592 g/mol. The monoisotopic (exact) mass is 591 g/mol. The summed E-state index contributed by atoms with van der Waals surface area (Å²) in [6, 6.07) is 9.89. The topological polar surface area (TPSA) is 169 Å². The van der Waals surface area contributed by atoms with Gasteiger partial charge in [0, 0.05) is 25.3 Å². The Morgan fingerprint density at radius 1 is 1.17 bits per heavy atom. The molecule has 236 valence electrons. The molecular weight excluding hydrogens is 542 g/mol. The van der Waals surface area contributed by atoms with Gasteiger partial charge in [0.25, 0.3) is 0 Å². The largest absolute Gasteiger partial charge is 0.394 e. The fourth-order valence-corrected chi connectivity index (χ4v) is 5.87. The summed E-state index contributed by atoms with van der Waals surface area (Å²) >= 11 is 0. The highest BCUT2D eigenvalue weighted by molar-refractivity contribution is 5.75. The van der Waals surface area contributed by atoms with Gasteiger partial charge in [-0.25, -0.2) is 0 Å². The molecule has 1 heterocycles. The molecule has 0 spiro atoms. The van der Waals surface area contributed by atoms with Crippen LogP contribution in [0.15, 0.2) is 54.6 Å². The van der Waals surface area contributed by atoms with E-state index in [1.165, 1.54) is 6.92 Å². The minimum absolute atomic E-state index is 0.0158. The maximum atomic E-state index is 11.7. The van der Waals surface area contributed by atoms with Gasteiger partial charge in [-0.1, -0.05) is 54.6 Å². The van der Waals surface area contributed by atoms with E-state index in [1.807, 2.05) is 55.5 Å². The van der Waals surface area contributed by atoms with Crippen molar-refractivity contribution in [3.63, 3.8) is 0 Å². The Bertz CT molecular complexity index is 1000. The lowest BCUT2D eigenvalue weighted by molar-refractivity contribution is -0.369. The highest BCUT2D eigenvalue weighted by Gasteiger charge is 2.54. The fraction of sp³-hybridized carbons (Fsp3) is 0.656. The molecule has 2 aliphatic rings. The van der Waals surface area contributed by atoms with Crippen molar-refractivity contribution in [3.8, 4) is 0 Å². The summed E-state index contributed by atoms with van der Waals surface area (Å²) in [7, 11) is 0. The van der Waals surface area contributed by atoms with Gasteiger partial charge in [0.15, 0.2) is 5.79 Å². The zero-order valence-electron chi connectivity index (χ0n) is 24.7. The first kappa shape index (κ1) is 34.3. The molecule has 1 aliphatic carbocycles. The van der Waals surface area contributed by atoms with Crippen LogP contribution in [0.4, 0.5) is 0 Å². The van der Waals surface area contributed by atoms with Crippen molar-refractivity contribution in [2.75, 3.05) is 13.2 Å². The Morgan fingerprint density at radius 2 is 1.90 bits per heavy atom. The molecule has 1 aliphatic heterocycles. The lowest BCUT2D eigenvalue weighted by Crippen LogP contribution is -2.65. The summed E-state index contributed by atoms with van der Waals surface area (Å²) < 4.78 is 12.0. The molecule has 1 aromatic rings. The molecule has 1 aromatic carbocycles. The third-order valence-corrected chi connectivity index (χ3v) is 8.28. The third kappa shape index (κ3) is 9.42. The molecule has 0 aromatic heterocycles. The number of aryl methyl sites for hydroxylation is 1. The van der Waals surface area contributed by atoms with E-state index < -0.39 is 55.1 Å². The summed E-state index contributed by atoms with van der Waals surface area (Å²) in [4.78, 5) is 11.7. The number of ether oxygens (including phenoxy) is 2. The second kappa shape index (κ2) is 16.6. The number of hydrogen-bond acceptors (Lipinski definition) is 9. The van der Waals surface area contributed by atoms with Gasteiger partial charge in [-0.3, -0.25) is 4.79 Å². The number of nitrogens with one attached hydrogen (secondary N) is 1. The number of carbonyl (C=O) groups is 1. The van der Waals surface area contributed by atoms with Crippen LogP contribution >= 0.6 is 0 Å². The second-order valence-electron chi connectivity index (χ2n) is 11.5. The minimum Gasteiger partial charge on any atom is -0.394 e. The minimum atomic E-state index is -1.74. The van der Waals surface area contributed by atoms with E-state index in [0.717, 1.165) is 5.56 Å². The van der Waals surface area contributed by atoms with E-state index in [0.29, 0.717) is 45.1 Å². The number of amides is 1. The van der Waals surface area contributed by atoms with Gasteiger partial charge < -0.3 is 45.4 Å². The summed E-state index contributed by atoms with van der Waals surface area (Å²) in [6.45, 7) is 3.35. The van der Waals surface area contributed by atoms with Crippen LogP contribution in [0, 0.1) is 11.8 Å². The number of allylic oxidation sites excluding steroid dienone is 2. The van der Waals surface area contributed by atoms with Crippen LogP contribution in [0.1, 0.15) is 57.9 Å². The van der Waals surface area contributed by atoms with Gasteiger partial charge in [-0.2, -0.15) is 0 Å². The fourth-order valence-electron chi connectivity index (χ4n) is 5.87. The number of aliphatic hydroxyl groups excluding tert-OH is 6. The predicted octanol–water partition coefficient (Wildman–Crippen LogP) is 1.36. The Hall–Kier alpha value is -2.15. The molecule has 7 N–H and O–H groups in total. The van der Waals surface area contributed by atoms with Gasteiger partial charge in [0.2, 0.25) is 5.91 Å². The van der Waals surface area contributed by atoms with Gasteiger partial charge in [0.1, 0.15) is 24.4 Å². The lowest BCUT2D eigenvalue weighted by atomic mass is 9.88. The van der Waals surface area contributed by atoms with Gasteiger partial charge in [-0.05, 0) is 57.4 Å². The van der Waals surface area contributed by atoms with Crippen LogP contribution in [0.25, 0.3) is 0 Å².